The maximum Gasteiger partial charge on any atom is 0.417 e. The number of hydrogen-bond donors (Lipinski definition) is 0. The molecule has 2 saturated carbocycles. The molecule has 1 unspecified atom stereocenters. The van der Waals surface area contributed by atoms with Crippen molar-refractivity contribution in [3.05, 3.63) is 137 Å². The van der Waals surface area contributed by atoms with Crippen LogP contribution in [0.4, 0.5) is 0 Å². The molecule has 0 amide bonds. The zero-order valence-corrected chi connectivity index (χ0v) is 37.0. The molecule has 1 spiro atoms. The fourth-order valence-electron chi connectivity index (χ4n) is 12.6. The Hall–Kier alpha value is -5.09. The lowest BCUT2D eigenvalue weighted by atomic mass is 9.75. The summed E-state index contributed by atoms with van der Waals surface area (Å²) in [4.78, 5) is 8.63. The van der Waals surface area contributed by atoms with Crippen LogP contribution in [0.15, 0.2) is 104 Å². The third-order valence-electron chi connectivity index (χ3n) is 15.3. The number of benzene rings is 5. The van der Waals surface area contributed by atoms with E-state index in [0.717, 1.165) is 5.69 Å². The quantitative estimate of drug-likeness (QED) is 0.166. The van der Waals surface area contributed by atoms with Crippen LogP contribution in [0.1, 0.15) is 152 Å². The van der Waals surface area contributed by atoms with E-state index in [2.05, 4.69) is 172 Å². The minimum atomic E-state index is -0.609. The van der Waals surface area contributed by atoms with Crippen molar-refractivity contribution in [2.75, 3.05) is 0 Å². The van der Waals surface area contributed by atoms with Crippen molar-refractivity contribution in [3.63, 3.8) is 0 Å². The third-order valence-corrected chi connectivity index (χ3v) is 15.3. The molecule has 1 aromatic heterocycles. The maximum absolute atomic E-state index is 5.75. The van der Waals surface area contributed by atoms with Crippen LogP contribution in [0.5, 0.6) is 0 Å². The van der Waals surface area contributed by atoms with E-state index in [1.165, 1.54) is 142 Å². The second-order valence-corrected chi connectivity index (χ2v) is 20.7. The molecular weight excluding hydrogens is 729 g/mol. The van der Waals surface area contributed by atoms with Crippen LogP contribution in [-0.2, 0) is 16.6 Å². The van der Waals surface area contributed by atoms with Gasteiger partial charge in [-0.25, -0.2) is 0 Å². The van der Waals surface area contributed by atoms with Crippen LogP contribution in [-0.4, -0.2) is 32.8 Å². The predicted molar refractivity (Wildman–Crippen MR) is 249 cm³/mol. The summed E-state index contributed by atoms with van der Waals surface area (Å²) in [5, 5.41) is 5.36. The first kappa shape index (κ1) is 37.9. The van der Waals surface area contributed by atoms with Gasteiger partial charge in [-0.1, -0.05) is 153 Å². The SMILES string of the molecule is CC(C)c1c2c(cc3ccccc13)-c1nc[n+]3c(c1C2(C)C)-c1c(ccc2cc(C(C)(C)C)ccc12)C31N(C2CCCCC2)C=C(c2ccccc2)C=[N+]1C1CCCCC1. The standard InChI is InChI=1S/C56H62N4/c1-36(2)48-44-26-18-17-21-38(44)32-46-50(48)55(6,7)51-52(46)57-35-60-53(51)49-45-29-28-41(54(3,4)5)31-39(45)27-30-47(49)56(60)58(42-22-13-9-14-23-42)33-40(37-19-11-8-12-20-37)34-59(56)43-24-15-10-16-25-43/h8,11-12,17-21,26-36,42-43H,9-10,13-16,22-25H2,1-7H3/q+2. The molecule has 3 heterocycles. The summed E-state index contributed by atoms with van der Waals surface area (Å²) in [5.74, 6) is -0.241. The predicted octanol–water partition coefficient (Wildman–Crippen LogP) is 13.1. The zero-order valence-electron chi connectivity index (χ0n) is 37.0. The molecule has 6 aromatic rings. The van der Waals surface area contributed by atoms with Crippen LogP contribution < -0.4 is 4.57 Å². The first-order valence-electron chi connectivity index (χ1n) is 23.3. The van der Waals surface area contributed by atoms with Gasteiger partial charge < -0.3 is 0 Å². The largest absolute Gasteiger partial charge is 0.417 e. The van der Waals surface area contributed by atoms with E-state index in [1.54, 1.807) is 0 Å². The topological polar surface area (TPSA) is 23.0 Å². The van der Waals surface area contributed by atoms with E-state index in [1.807, 2.05) is 0 Å². The summed E-state index contributed by atoms with van der Waals surface area (Å²) in [6, 6.07) is 35.9. The van der Waals surface area contributed by atoms with E-state index >= 15 is 0 Å². The molecule has 4 heteroatoms. The first-order valence-corrected chi connectivity index (χ1v) is 23.3. The van der Waals surface area contributed by atoms with Gasteiger partial charge in [-0.05, 0) is 97.9 Å². The highest BCUT2D eigenvalue weighted by Crippen LogP contribution is 2.58. The van der Waals surface area contributed by atoms with Gasteiger partial charge in [0.05, 0.1) is 11.1 Å². The molecule has 11 rings (SSSR count). The number of hydrogen-bond acceptors (Lipinski definition) is 2. The second-order valence-electron chi connectivity index (χ2n) is 20.7. The molecule has 60 heavy (non-hydrogen) atoms. The van der Waals surface area contributed by atoms with Gasteiger partial charge in [-0.2, -0.15) is 4.58 Å². The molecule has 3 aliphatic carbocycles. The van der Waals surface area contributed by atoms with Gasteiger partial charge in [0.25, 0.3) is 6.33 Å². The highest BCUT2D eigenvalue weighted by atomic mass is 15.5. The monoisotopic (exact) mass is 790 g/mol. The summed E-state index contributed by atoms with van der Waals surface area (Å²) >= 11 is 0. The van der Waals surface area contributed by atoms with Gasteiger partial charge in [-0.15, -0.1) is 4.57 Å². The Morgan fingerprint density at radius 3 is 2.17 bits per heavy atom. The van der Waals surface area contributed by atoms with Crippen LogP contribution in [0, 0.1) is 0 Å². The van der Waals surface area contributed by atoms with Crippen molar-refractivity contribution in [1.29, 1.82) is 0 Å². The molecule has 2 aliphatic heterocycles. The van der Waals surface area contributed by atoms with Crippen LogP contribution in [0.2, 0.25) is 0 Å². The van der Waals surface area contributed by atoms with Crippen molar-refractivity contribution in [2.45, 2.75) is 147 Å². The van der Waals surface area contributed by atoms with E-state index in [4.69, 9.17) is 4.98 Å². The van der Waals surface area contributed by atoms with Crippen molar-refractivity contribution >= 4 is 33.3 Å². The van der Waals surface area contributed by atoms with Crippen LogP contribution in [0.25, 0.3) is 49.6 Å². The molecule has 5 aromatic carbocycles. The molecule has 0 saturated heterocycles. The molecule has 304 valence electrons. The summed E-state index contributed by atoms with van der Waals surface area (Å²) in [6.45, 7) is 16.8. The fourth-order valence-corrected chi connectivity index (χ4v) is 12.6. The minimum Gasteiger partial charge on any atom is -0.272 e. The molecule has 0 radical (unpaired) electrons. The lowest BCUT2D eigenvalue weighted by molar-refractivity contribution is -0.944. The fraction of sp³-hybridized carbons (Fsp3) is 0.411. The summed E-state index contributed by atoms with van der Waals surface area (Å²) in [5.41, 5.74) is 14.7. The number of fused-ring (bicyclic) bond motifs is 12. The lowest BCUT2D eigenvalue weighted by Crippen LogP contribution is -2.74. The summed E-state index contributed by atoms with van der Waals surface area (Å²) < 4.78 is 5.60. The van der Waals surface area contributed by atoms with Crippen LogP contribution >= 0.6 is 0 Å². The number of rotatable bonds is 4. The van der Waals surface area contributed by atoms with Crippen molar-refractivity contribution in [1.82, 2.24) is 9.88 Å². The van der Waals surface area contributed by atoms with Gasteiger partial charge in [0.15, 0.2) is 23.6 Å². The molecule has 2 fully saturated rings. The van der Waals surface area contributed by atoms with Gasteiger partial charge in [0.2, 0.25) is 0 Å². The minimum absolute atomic E-state index is 0.0532. The van der Waals surface area contributed by atoms with Crippen LogP contribution in [0.3, 0.4) is 0 Å². The summed E-state index contributed by atoms with van der Waals surface area (Å²) in [7, 11) is 0. The first-order chi connectivity index (χ1) is 29.0. The van der Waals surface area contributed by atoms with E-state index in [-0.39, 0.29) is 10.8 Å². The number of allylic oxidation sites excluding steroid dienone is 1. The van der Waals surface area contributed by atoms with E-state index < -0.39 is 5.79 Å². The second kappa shape index (κ2) is 13.7. The normalized spacial score (nSPS) is 21.3. The van der Waals surface area contributed by atoms with Gasteiger partial charge in [0.1, 0.15) is 5.56 Å². The smallest absolute Gasteiger partial charge is 0.272 e. The Labute approximate surface area is 357 Å². The summed E-state index contributed by atoms with van der Waals surface area (Å²) in [6.07, 6.45) is 20.0. The lowest BCUT2D eigenvalue weighted by Gasteiger charge is -2.45. The Kier molecular flexibility index (Phi) is 8.66. The third kappa shape index (κ3) is 5.37. The molecule has 1 atom stereocenters. The van der Waals surface area contributed by atoms with Crippen molar-refractivity contribution in [2.24, 2.45) is 0 Å². The Morgan fingerprint density at radius 2 is 1.43 bits per heavy atom. The molecular formula is C56H62N4+2. The van der Waals surface area contributed by atoms with Gasteiger partial charge in [0, 0.05) is 41.6 Å². The highest BCUT2D eigenvalue weighted by molar-refractivity contribution is 6.08. The van der Waals surface area contributed by atoms with Crippen molar-refractivity contribution < 1.29 is 9.14 Å². The highest BCUT2D eigenvalue weighted by Gasteiger charge is 2.67. The number of aromatic nitrogens is 2. The van der Waals surface area contributed by atoms with Gasteiger partial charge in [-0.3, -0.25) is 4.90 Å². The van der Waals surface area contributed by atoms with Gasteiger partial charge >= 0.3 is 5.79 Å². The molecule has 5 aliphatic rings. The van der Waals surface area contributed by atoms with Crippen molar-refractivity contribution in [3.8, 4) is 22.5 Å². The average Bonchev–Trinajstić information content (AvgIpc) is 3.68. The Balaban J connectivity index is 1.29. The average molecular weight is 791 g/mol. The maximum atomic E-state index is 5.75. The zero-order chi connectivity index (χ0) is 41.1. The van der Waals surface area contributed by atoms with E-state index in [9.17, 15) is 0 Å². The Morgan fingerprint density at radius 1 is 0.733 bits per heavy atom. The number of nitrogens with zero attached hydrogens (tertiary/aromatic N) is 4. The van der Waals surface area contributed by atoms with E-state index in [0.29, 0.717) is 18.0 Å². The molecule has 0 N–H and O–H groups in total. The Bertz CT molecular complexity index is 2770. The molecule has 0 bridgehead atoms. The molecule has 4 nitrogen and oxygen atoms in total.